The van der Waals surface area contributed by atoms with Crippen LogP contribution in [0.15, 0.2) is 24.3 Å². The number of rotatable bonds is 8. The van der Waals surface area contributed by atoms with Crippen LogP contribution in [0.1, 0.15) is 38.7 Å². The number of ether oxygens (including phenoxy) is 1. The van der Waals surface area contributed by atoms with Crippen molar-refractivity contribution in [2.75, 3.05) is 19.8 Å². The second-order valence-electron chi connectivity index (χ2n) is 7.58. The number of piperidine rings is 1. The Kier molecular flexibility index (Phi) is 7.09. The minimum atomic E-state index is -1.39. The predicted molar refractivity (Wildman–Crippen MR) is 107 cm³/mol. The zero-order valence-corrected chi connectivity index (χ0v) is 17.2. The molecule has 0 saturated carbocycles. The molecule has 1 aliphatic heterocycles. The molecule has 2 rings (SSSR count). The first kappa shape index (κ1) is 22.6. The molecule has 1 heterocycles. The summed E-state index contributed by atoms with van der Waals surface area (Å²) in [5.41, 5.74) is 3.39. The average Bonchev–Trinajstić information content (AvgIpc) is 2.65. The van der Waals surface area contributed by atoms with E-state index >= 15 is 0 Å². The lowest BCUT2D eigenvalue weighted by Gasteiger charge is -2.56. The third-order valence-electron chi connectivity index (χ3n) is 6.28. The predicted octanol–water partition coefficient (Wildman–Crippen LogP) is 2.33. The number of hydrogen-bond acceptors (Lipinski definition) is 5. The fourth-order valence-electron chi connectivity index (χ4n) is 4.57. The molecule has 0 radical (unpaired) electrons. The molecular weight excluding hydrogens is 384 g/mol. The molecule has 0 aliphatic carbocycles. The topological polar surface area (TPSA) is 122 Å². The van der Waals surface area contributed by atoms with Gasteiger partial charge in [0.1, 0.15) is 0 Å². The van der Waals surface area contributed by atoms with E-state index in [0.717, 1.165) is 0 Å². The molecule has 156 valence electrons. The third-order valence-corrected chi connectivity index (χ3v) is 6.53. The van der Waals surface area contributed by atoms with Gasteiger partial charge in [0.15, 0.2) is 0 Å². The first-order chi connectivity index (χ1) is 13.2. The summed E-state index contributed by atoms with van der Waals surface area (Å²) in [6.45, 7) is 5.90. The summed E-state index contributed by atoms with van der Waals surface area (Å²) in [6.07, 6.45) is 0.231. The molecule has 7 nitrogen and oxygen atoms in total. The molecule has 28 heavy (non-hydrogen) atoms. The van der Waals surface area contributed by atoms with E-state index in [4.69, 9.17) is 22.1 Å². The van der Waals surface area contributed by atoms with Crippen molar-refractivity contribution >= 4 is 23.5 Å². The maximum atomic E-state index is 12.7. The summed E-state index contributed by atoms with van der Waals surface area (Å²) in [4.78, 5) is 25.1. The molecule has 5 N–H and O–H groups in total. The van der Waals surface area contributed by atoms with Crippen molar-refractivity contribution in [2.24, 2.45) is 16.6 Å². The van der Waals surface area contributed by atoms with Crippen LogP contribution in [0, 0.1) is 10.8 Å². The molecule has 1 saturated heterocycles. The fraction of sp³-hybridized carbons (Fsp3) is 0.600. The largest absolute Gasteiger partial charge is 0.481 e. The first-order valence-electron chi connectivity index (χ1n) is 9.42. The molecule has 1 fully saturated rings. The minimum absolute atomic E-state index is 0.126. The molecule has 0 bridgehead atoms. The Balaban J connectivity index is 2.70. The van der Waals surface area contributed by atoms with Crippen molar-refractivity contribution < 1.29 is 24.5 Å². The van der Waals surface area contributed by atoms with E-state index in [0.29, 0.717) is 23.7 Å². The standard InChI is InChI=1S/C20H29ClN2O5/c1-4-20(18(26)27)15(11-28-10-9-22)23-12(2)19(3,17(24)25)16(20)13-5-7-14(21)8-6-13/h5-8,12,15-16,23H,4,9-11,22H2,1-3H3,(H,24,25)(H,26,27). The summed E-state index contributed by atoms with van der Waals surface area (Å²) in [5.74, 6) is -2.89. The molecule has 1 aromatic carbocycles. The van der Waals surface area contributed by atoms with Gasteiger partial charge in [-0.15, -0.1) is 0 Å². The van der Waals surface area contributed by atoms with Crippen molar-refractivity contribution in [3.05, 3.63) is 34.9 Å². The summed E-state index contributed by atoms with van der Waals surface area (Å²) < 4.78 is 5.59. The van der Waals surface area contributed by atoms with Gasteiger partial charge in [-0.2, -0.15) is 0 Å². The molecule has 5 unspecified atom stereocenters. The van der Waals surface area contributed by atoms with Crippen molar-refractivity contribution in [1.29, 1.82) is 0 Å². The number of halogens is 1. The summed E-state index contributed by atoms with van der Waals surface area (Å²) >= 11 is 6.02. The molecule has 0 spiro atoms. The van der Waals surface area contributed by atoms with Crippen molar-refractivity contribution in [3.8, 4) is 0 Å². The van der Waals surface area contributed by atoms with Gasteiger partial charge in [0, 0.05) is 29.6 Å². The highest BCUT2D eigenvalue weighted by molar-refractivity contribution is 6.30. The van der Waals surface area contributed by atoms with E-state index in [-0.39, 0.29) is 13.0 Å². The highest BCUT2D eigenvalue weighted by Crippen LogP contribution is 2.56. The van der Waals surface area contributed by atoms with Crippen LogP contribution in [0.5, 0.6) is 0 Å². The SMILES string of the molecule is CCC1(C(=O)O)C(COCCN)NC(C)C(C)(C(=O)O)C1c1ccc(Cl)cc1. The van der Waals surface area contributed by atoms with Crippen molar-refractivity contribution in [2.45, 2.75) is 45.2 Å². The lowest BCUT2D eigenvalue weighted by atomic mass is 9.51. The van der Waals surface area contributed by atoms with Gasteiger partial charge >= 0.3 is 11.9 Å². The maximum absolute atomic E-state index is 12.7. The number of hydrogen-bond donors (Lipinski definition) is 4. The zero-order chi connectivity index (χ0) is 21.1. The quantitative estimate of drug-likeness (QED) is 0.483. The van der Waals surface area contributed by atoms with E-state index < -0.39 is 40.8 Å². The number of carbonyl (C=O) groups is 2. The Morgan fingerprint density at radius 2 is 1.86 bits per heavy atom. The third kappa shape index (κ3) is 3.64. The molecule has 0 amide bonds. The highest BCUT2D eigenvalue weighted by atomic mass is 35.5. The molecule has 5 atom stereocenters. The Morgan fingerprint density at radius 1 is 1.25 bits per heavy atom. The second-order valence-corrected chi connectivity index (χ2v) is 8.01. The number of carboxylic acid groups (broad SMARTS) is 2. The van der Waals surface area contributed by atoms with Gasteiger partial charge in [-0.3, -0.25) is 9.59 Å². The molecule has 1 aromatic rings. The first-order valence-corrected chi connectivity index (χ1v) is 9.80. The van der Waals surface area contributed by atoms with Gasteiger partial charge in [-0.05, 0) is 38.0 Å². The van der Waals surface area contributed by atoms with Crippen LogP contribution < -0.4 is 11.1 Å². The van der Waals surface area contributed by atoms with E-state index in [9.17, 15) is 19.8 Å². The normalized spacial score (nSPS) is 32.8. The number of aliphatic carboxylic acids is 2. The van der Waals surface area contributed by atoms with E-state index in [1.807, 2.05) is 0 Å². The van der Waals surface area contributed by atoms with Gasteiger partial charge in [0.25, 0.3) is 0 Å². The molecule has 8 heteroatoms. The van der Waals surface area contributed by atoms with Crippen LogP contribution in [-0.4, -0.2) is 54.0 Å². The van der Waals surface area contributed by atoms with Gasteiger partial charge in [-0.1, -0.05) is 30.7 Å². The van der Waals surface area contributed by atoms with Crippen LogP contribution >= 0.6 is 11.6 Å². The Bertz CT molecular complexity index is 713. The van der Waals surface area contributed by atoms with Crippen LogP contribution in [0.25, 0.3) is 0 Å². The van der Waals surface area contributed by atoms with Crippen LogP contribution in [-0.2, 0) is 14.3 Å². The number of benzene rings is 1. The van der Waals surface area contributed by atoms with Gasteiger partial charge in [0.05, 0.1) is 24.0 Å². The van der Waals surface area contributed by atoms with Crippen LogP contribution in [0.2, 0.25) is 5.02 Å². The summed E-state index contributed by atoms with van der Waals surface area (Å²) in [5, 5.41) is 24.3. The van der Waals surface area contributed by atoms with Gasteiger partial charge in [0.2, 0.25) is 0 Å². The van der Waals surface area contributed by atoms with Gasteiger partial charge in [-0.25, -0.2) is 0 Å². The molecular formula is C20H29ClN2O5. The summed E-state index contributed by atoms with van der Waals surface area (Å²) in [6, 6.07) is 5.69. The molecule has 1 aliphatic rings. The smallest absolute Gasteiger partial charge is 0.311 e. The van der Waals surface area contributed by atoms with Crippen LogP contribution in [0.3, 0.4) is 0 Å². The van der Waals surface area contributed by atoms with Gasteiger partial charge < -0.3 is 26.0 Å². The van der Waals surface area contributed by atoms with E-state index in [1.54, 1.807) is 45.0 Å². The van der Waals surface area contributed by atoms with E-state index in [1.165, 1.54) is 0 Å². The zero-order valence-electron chi connectivity index (χ0n) is 16.4. The second kappa shape index (κ2) is 8.78. The Labute approximate surface area is 170 Å². The van der Waals surface area contributed by atoms with Crippen LogP contribution in [0.4, 0.5) is 0 Å². The lowest BCUT2D eigenvalue weighted by Crippen LogP contribution is -2.70. The number of carboxylic acids is 2. The number of nitrogens with two attached hydrogens (primary N) is 1. The summed E-state index contributed by atoms with van der Waals surface area (Å²) in [7, 11) is 0. The monoisotopic (exact) mass is 412 g/mol. The number of nitrogens with one attached hydrogen (secondary N) is 1. The highest BCUT2D eigenvalue weighted by Gasteiger charge is 2.65. The average molecular weight is 413 g/mol. The maximum Gasteiger partial charge on any atom is 0.311 e. The Morgan fingerprint density at radius 3 is 2.32 bits per heavy atom. The Hall–Kier alpha value is -1.67. The van der Waals surface area contributed by atoms with Crippen molar-refractivity contribution in [3.63, 3.8) is 0 Å². The fourth-order valence-corrected chi connectivity index (χ4v) is 4.70. The van der Waals surface area contributed by atoms with E-state index in [2.05, 4.69) is 5.32 Å². The minimum Gasteiger partial charge on any atom is -0.481 e. The van der Waals surface area contributed by atoms with Crippen molar-refractivity contribution in [1.82, 2.24) is 5.32 Å². The lowest BCUT2D eigenvalue weighted by molar-refractivity contribution is -0.174. The molecule has 0 aromatic heterocycles.